The van der Waals surface area contributed by atoms with Gasteiger partial charge in [-0.25, -0.2) is 4.79 Å². The number of aromatic nitrogens is 1. The SMILES string of the molecule is Cc1ccc(NC(=O)COC(=O)c2cccc[n+]2[O-])cc1Cl. The van der Waals surface area contributed by atoms with E-state index in [0.29, 0.717) is 15.4 Å². The van der Waals surface area contributed by atoms with Crippen LogP contribution in [0.15, 0.2) is 42.6 Å². The van der Waals surface area contributed by atoms with Crippen LogP contribution < -0.4 is 10.0 Å². The zero-order valence-electron chi connectivity index (χ0n) is 11.7. The Morgan fingerprint density at radius 3 is 2.77 bits per heavy atom. The van der Waals surface area contributed by atoms with Crippen molar-refractivity contribution in [3.8, 4) is 0 Å². The van der Waals surface area contributed by atoms with Gasteiger partial charge < -0.3 is 15.3 Å². The molecule has 2 aromatic rings. The zero-order valence-corrected chi connectivity index (χ0v) is 12.5. The fourth-order valence-corrected chi connectivity index (χ4v) is 1.84. The number of aryl methyl sites for hydroxylation is 1. The second kappa shape index (κ2) is 6.91. The summed E-state index contributed by atoms with van der Waals surface area (Å²) >= 11 is 5.95. The molecule has 0 radical (unpaired) electrons. The number of carbonyl (C=O) groups excluding carboxylic acids is 2. The quantitative estimate of drug-likeness (QED) is 0.531. The largest absolute Gasteiger partial charge is 0.618 e. The first kappa shape index (κ1) is 15.8. The van der Waals surface area contributed by atoms with E-state index in [9.17, 15) is 14.8 Å². The van der Waals surface area contributed by atoms with Crippen LogP contribution in [0, 0.1) is 12.1 Å². The molecule has 1 heterocycles. The maximum Gasteiger partial charge on any atom is 0.405 e. The summed E-state index contributed by atoms with van der Waals surface area (Å²) in [5.41, 5.74) is 1.19. The standard InChI is InChI=1S/C15H13ClN2O4/c1-10-5-6-11(8-12(10)16)17-14(19)9-22-15(20)13-4-2-3-7-18(13)21/h2-8H,9H2,1H3,(H,17,19). The third-order valence-corrected chi connectivity index (χ3v) is 3.23. The minimum Gasteiger partial charge on any atom is -0.618 e. The normalized spacial score (nSPS) is 10.1. The number of nitrogens with zero attached hydrogens (tertiary/aromatic N) is 1. The summed E-state index contributed by atoms with van der Waals surface area (Å²) in [5.74, 6) is -1.39. The third kappa shape index (κ3) is 3.95. The lowest BCUT2D eigenvalue weighted by atomic mass is 10.2. The smallest absolute Gasteiger partial charge is 0.405 e. The van der Waals surface area contributed by atoms with Gasteiger partial charge in [-0.1, -0.05) is 17.7 Å². The van der Waals surface area contributed by atoms with Gasteiger partial charge in [-0.2, -0.15) is 4.73 Å². The summed E-state index contributed by atoms with van der Waals surface area (Å²) in [7, 11) is 0. The molecule has 0 aliphatic rings. The molecule has 6 nitrogen and oxygen atoms in total. The average Bonchev–Trinajstić information content (AvgIpc) is 2.49. The molecule has 1 aromatic heterocycles. The van der Waals surface area contributed by atoms with E-state index in [-0.39, 0.29) is 5.69 Å². The van der Waals surface area contributed by atoms with Crippen LogP contribution in [0.1, 0.15) is 16.1 Å². The molecular weight excluding hydrogens is 308 g/mol. The van der Waals surface area contributed by atoms with Crippen LogP contribution in [-0.4, -0.2) is 18.5 Å². The minimum atomic E-state index is -0.868. The topological polar surface area (TPSA) is 82.3 Å². The molecule has 0 aliphatic carbocycles. The van der Waals surface area contributed by atoms with Gasteiger partial charge in [0.25, 0.3) is 5.91 Å². The number of benzene rings is 1. The molecule has 0 bridgehead atoms. The molecule has 1 N–H and O–H groups in total. The summed E-state index contributed by atoms with van der Waals surface area (Å²) in [5, 5.41) is 14.4. The van der Waals surface area contributed by atoms with Gasteiger partial charge in [0.05, 0.1) is 0 Å². The molecule has 0 unspecified atom stereocenters. The van der Waals surface area contributed by atoms with Crippen LogP contribution in [0.4, 0.5) is 5.69 Å². The molecule has 1 amide bonds. The molecule has 1 aromatic carbocycles. The van der Waals surface area contributed by atoms with Gasteiger partial charge in [0.2, 0.25) is 0 Å². The Morgan fingerprint density at radius 1 is 1.32 bits per heavy atom. The first-order valence-electron chi connectivity index (χ1n) is 6.38. The van der Waals surface area contributed by atoms with Crippen LogP contribution in [0.3, 0.4) is 0 Å². The summed E-state index contributed by atoms with van der Waals surface area (Å²) in [4.78, 5) is 23.4. The van der Waals surface area contributed by atoms with Crippen molar-refractivity contribution in [1.82, 2.24) is 0 Å². The molecule has 0 saturated carbocycles. The highest BCUT2D eigenvalue weighted by atomic mass is 35.5. The summed E-state index contributed by atoms with van der Waals surface area (Å²) < 4.78 is 5.17. The van der Waals surface area contributed by atoms with Crippen LogP contribution >= 0.6 is 11.6 Å². The van der Waals surface area contributed by atoms with E-state index in [4.69, 9.17) is 16.3 Å². The molecule has 0 aliphatic heterocycles. The number of halogens is 1. The van der Waals surface area contributed by atoms with Crippen molar-refractivity contribution in [1.29, 1.82) is 0 Å². The van der Waals surface area contributed by atoms with Crippen LogP contribution in [-0.2, 0) is 9.53 Å². The van der Waals surface area contributed by atoms with Gasteiger partial charge in [0.1, 0.15) is 0 Å². The number of hydrogen-bond donors (Lipinski definition) is 1. The Bertz CT molecular complexity index is 718. The van der Waals surface area contributed by atoms with E-state index in [1.807, 2.05) is 6.92 Å². The zero-order chi connectivity index (χ0) is 16.1. The van der Waals surface area contributed by atoms with Gasteiger partial charge in [-0.05, 0) is 30.7 Å². The lowest BCUT2D eigenvalue weighted by molar-refractivity contribution is -0.608. The number of anilines is 1. The Balaban J connectivity index is 1.91. The van der Waals surface area contributed by atoms with E-state index < -0.39 is 18.5 Å². The molecule has 0 spiro atoms. The first-order chi connectivity index (χ1) is 10.5. The van der Waals surface area contributed by atoms with Crippen molar-refractivity contribution in [2.45, 2.75) is 6.92 Å². The Kier molecular flexibility index (Phi) is 4.95. The van der Waals surface area contributed by atoms with Crippen molar-refractivity contribution in [3.05, 3.63) is 64.1 Å². The molecule has 0 fully saturated rings. The molecule has 0 saturated heterocycles. The lowest BCUT2D eigenvalue weighted by Gasteiger charge is -2.07. The van der Waals surface area contributed by atoms with E-state index >= 15 is 0 Å². The van der Waals surface area contributed by atoms with Crippen molar-refractivity contribution in [2.24, 2.45) is 0 Å². The molecule has 7 heteroatoms. The van der Waals surface area contributed by atoms with Crippen LogP contribution in [0.5, 0.6) is 0 Å². The lowest BCUT2D eigenvalue weighted by Crippen LogP contribution is -2.35. The van der Waals surface area contributed by atoms with Crippen molar-refractivity contribution < 1.29 is 19.1 Å². The highest BCUT2D eigenvalue weighted by Crippen LogP contribution is 2.19. The minimum absolute atomic E-state index is 0.186. The number of pyridine rings is 1. The van der Waals surface area contributed by atoms with Crippen LogP contribution in [0.25, 0.3) is 0 Å². The maximum absolute atomic E-state index is 11.7. The highest BCUT2D eigenvalue weighted by Gasteiger charge is 2.18. The fraction of sp³-hybridized carbons (Fsp3) is 0.133. The van der Waals surface area contributed by atoms with Crippen molar-refractivity contribution >= 4 is 29.2 Å². The maximum atomic E-state index is 11.7. The van der Waals surface area contributed by atoms with Gasteiger partial charge in [0.15, 0.2) is 12.8 Å². The average molecular weight is 321 g/mol. The molecule has 2 rings (SSSR count). The number of nitrogens with one attached hydrogen (secondary N) is 1. The monoisotopic (exact) mass is 320 g/mol. The predicted octanol–water partition coefficient (Wildman–Crippen LogP) is 2.08. The Labute approximate surface area is 131 Å². The second-order valence-corrected chi connectivity index (χ2v) is 4.91. The summed E-state index contributed by atoms with van der Waals surface area (Å²) in [6.07, 6.45) is 1.17. The van der Waals surface area contributed by atoms with Gasteiger partial charge in [-0.3, -0.25) is 4.79 Å². The van der Waals surface area contributed by atoms with Gasteiger partial charge in [-0.15, -0.1) is 0 Å². The number of amides is 1. The molecule has 22 heavy (non-hydrogen) atoms. The van der Waals surface area contributed by atoms with E-state index in [1.165, 1.54) is 24.4 Å². The number of carbonyl (C=O) groups is 2. The van der Waals surface area contributed by atoms with Gasteiger partial charge >= 0.3 is 11.7 Å². The molecule has 114 valence electrons. The fourth-order valence-electron chi connectivity index (χ4n) is 1.66. The molecular formula is C15H13ClN2O4. The summed E-state index contributed by atoms with van der Waals surface area (Å²) in [6.45, 7) is 1.34. The summed E-state index contributed by atoms with van der Waals surface area (Å²) in [6, 6.07) is 9.36. The van der Waals surface area contributed by atoms with E-state index in [1.54, 1.807) is 18.2 Å². The van der Waals surface area contributed by atoms with E-state index in [0.717, 1.165) is 5.56 Å². The van der Waals surface area contributed by atoms with E-state index in [2.05, 4.69) is 5.32 Å². The number of hydrogen-bond acceptors (Lipinski definition) is 4. The number of rotatable bonds is 4. The number of esters is 1. The third-order valence-electron chi connectivity index (χ3n) is 2.82. The van der Waals surface area contributed by atoms with Gasteiger partial charge in [0, 0.05) is 22.8 Å². The number of ether oxygens (including phenoxy) is 1. The predicted molar refractivity (Wildman–Crippen MR) is 80.5 cm³/mol. The van der Waals surface area contributed by atoms with Crippen molar-refractivity contribution in [3.63, 3.8) is 0 Å². The highest BCUT2D eigenvalue weighted by molar-refractivity contribution is 6.31. The molecule has 0 atom stereocenters. The van der Waals surface area contributed by atoms with Crippen molar-refractivity contribution in [2.75, 3.05) is 11.9 Å². The Hall–Kier alpha value is -2.60. The Morgan fingerprint density at radius 2 is 2.09 bits per heavy atom. The second-order valence-electron chi connectivity index (χ2n) is 4.50. The first-order valence-corrected chi connectivity index (χ1v) is 6.76. The van der Waals surface area contributed by atoms with Crippen LogP contribution in [0.2, 0.25) is 5.02 Å².